The number of nitrogens with one attached hydrogen (secondary N) is 1. The molecule has 2 atom stereocenters. The summed E-state index contributed by atoms with van der Waals surface area (Å²) in [7, 11) is -2.88. The van der Waals surface area contributed by atoms with E-state index in [0.717, 1.165) is 54.7 Å². The quantitative estimate of drug-likeness (QED) is 0.512. The molecule has 0 aliphatic carbocycles. The number of benzene rings is 1. The van der Waals surface area contributed by atoms with Crippen LogP contribution in [-0.2, 0) is 9.09 Å². The van der Waals surface area contributed by atoms with Crippen LogP contribution in [0.15, 0.2) is 30.6 Å². The number of nitrogens with zero attached hydrogens (tertiary/aromatic N) is 3. The van der Waals surface area contributed by atoms with Crippen molar-refractivity contribution in [3.05, 3.63) is 40.6 Å². The summed E-state index contributed by atoms with van der Waals surface area (Å²) in [4.78, 5) is 15.9. The third-order valence-corrected chi connectivity index (χ3v) is 6.51. The van der Waals surface area contributed by atoms with E-state index in [9.17, 15) is 4.57 Å². The van der Waals surface area contributed by atoms with Gasteiger partial charge in [0, 0.05) is 30.2 Å². The minimum absolute atomic E-state index is 0.291. The first kappa shape index (κ1) is 20.6. The third-order valence-electron chi connectivity index (χ3n) is 5.26. The van der Waals surface area contributed by atoms with Crippen LogP contribution < -0.4 is 4.90 Å². The summed E-state index contributed by atoms with van der Waals surface area (Å²) in [6, 6.07) is 5.76. The fourth-order valence-electron chi connectivity index (χ4n) is 3.84. The Morgan fingerprint density at radius 2 is 2.24 bits per heavy atom. The van der Waals surface area contributed by atoms with Gasteiger partial charge in [-0.3, -0.25) is 9.66 Å². The minimum Gasteiger partial charge on any atom is -0.356 e. The predicted molar refractivity (Wildman–Crippen MR) is 116 cm³/mol. The Balaban J connectivity index is 1.68. The molecule has 3 aromatic rings. The van der Waals surface area contributed by atoms with Gasteiger partial charge < -0.3 is 14.3 Å². The first-order chi connectivity index (χ1) is 14.0. The molecule has 2 aromatic heterocycles. The van der Waals surface area contributed by atoms with Crippen LogP contribution in [-0.4, -0.2) is 39.8 Å². The highest BCUT2D eigenvalue weighted by atomic mass is 35.5. The number of hydrogen-bond acceptors (Lipinski definition) is 5. The van der Waals surface area contributed by atoms with E-state index in [2.05, 4.69) is 21.2 Å². The Morgan fingerprint density at radius 3 is 3.00 bits per heavy atom. The number of aromatic amines is 1. The SMILES string of the molecule is O=[PH](O)OCCC1CCCN(c2cc(-c3cn[nH]c3)c3ccc(Cl)c(Cl)c3n2)C1. The van der Waals surface area contributed by atoms with Gasteiger partial charge in [0.2, 0.25) is 0 Å². The minimum atomic E-state index is -2.88. The molecule has 7 nitrogen and oxygen atoms in total. The topological polar surface area (TPSA) is 91.3 Å². The van der Waals surface area contributed by atoms with Gasteiger partial charge in [0.1, 0.15) is 5.82 Å². The van der Waals surface area contributed by atoms with Crippen molar-refractivity contribution < 1.29 is 14.0 Å². The molecule has 10 heteroatoms. The van der Waals surface area contributed by atoms with Crippen LogP contribution in [0.1, 0.15) is 19.3 Å². The lowest BCUT2D eigenvalue weighted by Gasteiger charge is -2.34. The van der Waals surface area contributed by atoms with Gasteiger partial charge in [-0.1, -0.05) is 29.3 Å². The number of piperidine rings is 1. The van der Waals surface area contributed by atoms with Gasteiger partial charge in [0.05, 0.1) is 28.4 Å². The van der Waals surface area contributed by atoms with Crippen LogP contribution in [0.5, 0.6) is 0 Å². The number of halogens is 2. The number of fused-ring (bicyclic) bond motifs is 1. The van der Waals surface area contributed by atoms with Gasteiger partial charge in [0.25, 0.3) is 0 Å². The summed E-state index contributed by atoms with van der Waals surface area (Å²) in [6.45, 7) is 1.98. The fourth-order valence-corrected chi connectivity index (χ4v) is 4.49. The van der Waals surface area contributed by atoms with Crippen molar-refractivity contribution in [2.75, 3.05) is 24.6 Å². The van der Waals surface area contributed by atoms with E-state index >= 15 is 0 Å². The highest BCUT2D eigenvalue weighted by Crippen LogP contribution is 2.38. The zero-order valence-electron chi connectivity index (χ0n) is 15.6. The Labute approximate surface area is 178 Å². The van der Waals surface area contributed by atoms with Crippen LogP contribution in [0.4, 0.5) is 5.82 Å². The molecule has 1 aliphatic heterocycles. The van der Waals surface area contributed by atoms with Gasteiger partial charge in [0.15, 0.2) is 0 Å². The molecule has 1 aliphatic rings. The first-order valence-electron chi connectivity index (χ1n) is 9.41. The van der Waals surface area contributed by atoms with Crippen molar-refractivity contribution in [3.8, 4) is 11.1 Å². The summed E-state index contributed by atoms with van der Waals surface area (Å²) < 4.78 is 15.6. The molecule has 0 spiro atoms. The second-order valence-corrected chi connectivity index (χ2v) is 8.74. The second-order valence-electron chi connectivity index (χ2n) is 7.13. The number of rotatable bonds is 6. The van der Waals surface area contributed by atoms with Crippen LogP contribution in [0, 0.1) is 5.92 Å². The molecule has 2 N–H and O–H groups in total. The predicted octanol–water partition coefficient (Wildman–Crippen LogP) is 4.94. The number of aromatic nitrogens is 3. The zero-order chi connectivity index (χ0) is 20.4. The van der Waals surface area contributed by atoms with Crippen LogP contribution in [0.2, 0.25) is 10.0 Å². The average Bonchev–Trinajstić information content (AvgIpc) is 3.25. The maximum absolute atomic E-state index is 10.8. The highest BCUT2D eigenvalue weighted by molar-refractivity contribution is 7.32. The smallest absolute Gasteiger partial charge is 0.316 e. The highest BCUT2D eigenvalue weighted by Gasteiger charge is 2.23. The van der Waals surface area contributed by atoms with Crippen molar-refractivity contribution in [2.45, 2.75) is 19.3 Å². The summed E-state index contributed by atoms with van der Waals surface area (Å²) in [5.41, 5.74) is 2.60. The number of pyridine rings is 1. The monoisotopic (exact) mass is 454 g/mol. The molecule has 1 saturated heterocycles. The van der Waals surface area contributed by atoms with E-state index in [4.69, 9.17) is 37.6 Å². The van der Waals surface area contributed by atoms with Gasteiger partial charge >= 0.3 is 8.25 Å². The summed E-state index contributed by atoms with van der Waals surface area (Å²) in [6.07, 6.45) is 6.43. The molecule has 154 valence electrons. The summed E-state index contributed by atoms with van der Waals surface area (Å²) >= 11 is 12.7. The van der Waals surface area contributed by atoms with Gasteiger partial charge in [-0.05, 0) is 42.9 Å². The lowest BCUT2D eigenvalue weighted by molar-refractivity contribution is 0.244. The Kier molecular flexibility index (Phi) is 6.42. The maximum atomic E-state index is 10.8. The number of H-pyrrole nitrogens is 1. The molecular formula is C19H21Cl2N4O3P. The molecular weight excluding hydrogens is 434 g/mol. The molecule has 1 aromatic carbocycles. The van der Waals surface area contributed by atoms with Gasteiger partial charge in [-0.15, -0.1) is 0 Å². The Morgan fingerprint density at radius 1 is 1.38 bits per heavy atom. The largest absolute Gasteiger partial charge is 0.356 e. The number of anilines is 1. The Bertz CT molecular complexity index is 1030. The van der Waals surface area contributed by atoms with E-state index in [1.165, 1.54) is 0 Å². The average molecular weight is 455 g/mol. The lowest BCUT2D eigenvalue weighted by Crippen LogP contribution is -2.36. The molecule has 0 bridgehead atoms. The van der Waals surface area contributed by atoms with Gasteiger partial charge in [-0.2, -0.15) is 5.10 Å². The van der Waals surface area contributed by atoms with Crippen LogP contribution in [0.25, 0.3) is 22.0 Å². The van der Waals surface area contributed by atoms with E-state index in [1.54, 1.807) is 12.3 Å². The van der Waals surface area contributed by atoms with Crippen LogP contribution in [0.3, 0.4) is 0 Å². The molecule has 4 rings (SSSR count). The standard InChI is InChI=1S/C19H21Cl2N4O3P/c20-16-4-3-14-15(13-9-22-23-10-13)8-17(24-19(14)18(16)21)25-6-1-2-12(11-25)5-7-28-29(26)27/h3-4,8-10,12,29H,1-2,5-7,11H2,(H,22,23)(H,26,27). The van der Waals surface area contributed by atoms with E-state index in [-0.39, 0.29) is 0 Å². The normalized spacial score (nSPS) is 18.3. The van der Waals surface area contributed by atoms with Crippen molar-refractivity contribution in [1.29, 1.82) is 0 Å². The molecule has 0 saturated carbocycles. The van der Waals surface area contributed by atoms with Crippen molar-refractivity contribution >= 4 is 48.2 Å². The summed E-state index contributed by atoms with van der Waals surface area (Å²) in [5.74, 6) is 1.20. The van der Waals surface area contributed by atoms with Crippen molar-refractivity contribution in [3.63, 3.8) is 0 Å². The fraction of sp³-hybridized carbons (Fsp3) is 0.368. The van der Waals surface area contributed by atoms with Gasteiger partial charge in [-0.25, -0.2) is 4.98 Å². The van der Waals surface area contributed by atoms with E-state index in [1.807, 2.05) is 12.3 Å². The van der Waals surface area contributed by atoms with E-state index < -0.39 is 8.25 Å². The molecule has 0 radical (unpaired) electrons. The van der Waals surface area contributed by atoms with Crippen molar-refractivity contribution in [1.82, 2.24) is 15.2 Å². The first-order valence-corrected chi connectivity index (χ1v) is 11.4. The molecule has 3 heterocycles. The van der Waals surface area contributed by atoms with Crippen LogP contribution >= 0.6 is 31.5 Å². The molecule has 1 fully saturated rings. The molecule has 2 unspecified atom stereocenters. The Hall–Kier alpha value is -1.63. The molecule has 0 amide bonds. The maximum Gasteiger partial charge on any atom is 0.316 e. The zero-order valence-corrected chi connectivity index (χ0v) is 18.1. The second kappa shape index (κ2) is 9.02. The van der Waals surface area contributed by atoms with E-state index in [0.29, 0.717) is 28.1 Å². The molecule has 29 heavy (non-hydrogen) atoms. The third kappa shape index (κ3) is 4.60. The summed E-state index contributed by atoms with van der Waals surface area (Å²) in [5, 5.41) is 8.75. The lowest BCUT2D eigenvalue weighted by atomic mass is 9.95. The number of hydrogen-bond donors (Lipinski definition) is 2. The van der Waals surface area contributed by atoms with Crippen molar-refractivity contribution in [2.24, 2.45) is 5.92 Å².